The maximum absolute atomic E-state index is 12.4. The van der Waals surface area contributed by atoms with Crippen molar-refractivity contribution >= 4 is 16.8 Å². The molecule has 0 bridgehead atoms. The van der Waals surface area contributed by atoms with Gasteiger partial charge in [-0.1, -0.05) is 30.4 Å². The number of carbonyl (C=O) groups is 1. The van der Waals surface area contributed by atoms with Crippen LogP contribution in [0.5, 0.6) is 0 Å². The first-order chi connectivity index (χ1) is 11.3. The maximum atomic E-state index is 12.4. The number of aromatic nitrogens is 1. The molecule has 1 aromatic heterocycles. The number of nitrogens with zero attached hydrogens (tertiary/aromatic N) is 1. The van der Waals surface area contributed by atoms with E-state index in [4.69, 9.17) is 0 Å². The first-order valence-corrected chi connectivity index (χ1v) is 8.82. The number of fused-ring (bicyclic) bond motifs is 1. The SMILES string of the molecule is O=C(CC1C=CCC1)N1CCC(c2c[nH]c3ccccc23)CC1. The zero-order chi connectivity index (χ0) is 15.6. The van der Waals surface area contributed by atoms with Crippen molar-refractivity contribution in [3.8, 4) is 0 Å². The number of aromatic amines is 1. The van der Waals surface area contributed by atoms with Crippen LogP contribution < -0.4 is 0 Å². The molecule has 2 aromatic rings. The van der Waals surface area contributed by atoms with Crippen LogP contribution in [0.25, 0.3) is 10.9 Å². The molecule has 1 saturated heterocycles. The van der Waals surface area contributed by atoms with Gasteiger partial charge in [0.1, 0.15) is 0 Å². The Bertz CT molecular complexity index is 722. The van der Waals surface area contributed by atoms with Gasteiger partial charge in [-0.3, -0.25) is 4.79 Å². The minimum atomic E-state index is 0.346. The average molecular weight is 308 g/mol. The highest BCUT2D eigenvalue weighted by molar-refractivity contribution is 5.83. The monoisotopic (exact) mass is 308 g/mol. The van der Waals surface area contributed by atoms with Crippen molar-refractivity contribution in [1.82, 2.24) is 9.88 Å². The Morgan fingerprint density at radius 3 is 2.78 bits per heavy atom. The lowest BCUT2D eigenvalue weighted by molar-refractivity contribution is -0.132. The van der Waals surface area contributed by atoms with Crippen molar-refractivity contribution in [3.05, 3.63) is 48.2 Å². The van der Waals surface area contributed by atoms with Crippen LogP contribution in [0.4, 0.5) is 0 Å². The second-order valence-electron chi connectivity index (χ2n) is 6.91. The summed E-state index contributed by atoms with van der Waals surface area (Å²) in [5, 5.41) is 1.34. The van der Waals surface area contributed by atoms with Crippen LogP contribution in [0.2, 0.25) is 0 Å². The maximum Gasteiger partial charge on any atom is 0.223 e. The highest BCUT2D eigenvalue weighted by Crippen LogP contribution is 2.33. The summed E-state index contributed by atoms with van der Waals surface area (Å²) < 4.78 is 0. The molecule has 1 atom stereocenters. The number of nitrogens with one attached hydrogen (secondary N) is 1. The van der Waals surface area contributed by atoms with E-state index in [1.807, 2.05) is 0 Å². The van der Waals surface area contributed by atoms with Gasteiger partial charge in [0.05, 0.1) is 0 Å². The van der Waals surface area contributed by atoms with Crippen LogP contribution >= 0.6 is 0 Å². The van der Waals surface area contributed by atoms with Gasteiger partial charge < -0.3 is 9.88 Å². The van der Waals surface area contributed by atoms with E-state index in [9.17, 15) is 4.79 Å². The predicted octanol–water partition coefficient (Wildman–Crippen LogP) is 4.23. The fourth-order valence-electron chi connectivity index (χ4n) is 4.09. The zero-order valence-electron chi connectivity index (χ0n) is 13.5. The zero-order valence-corrected chi connectivity index (χ0v) is 13.5. The molecule has 1 aliphatic carbocycles. The van der Waals surface area contributed by atoms with Gasteiger partial charge >= 0.3 is 0 Å². The van der Waals surface area contributed by atoms with E-state index in [2.05, 4.69) is 52.5 Å². The van der Waals surface area contributed by atoms with Crippen molar-refractivity contribution in [2.45, 2.75) is 38.0 Å². The third-order valence-corrected chi connectivity index (χ3v) is 5.46. The molecule has 4 rings (SSSR count). The minimum Gasteiger partial charge on any atom is -0.361 e. The number of rotatable bonds is 3. The third kappa shape index (κ3) is 2.92. The molecule has 3 nitrogen and oxygen atoms in total. The number of H-pyrrole nitrogens is 1. The topological polar surface area (TPSA) is 36.1 Å². The van der Waals surface area contributed by atoms with Crippen molar-refractivity contribution in [2.75, 3.05) is 13.1 Å². The number of allylic oxidation sites excluding steroid dienone is 2. The Morgan fingerprint density at radius 2 is 2.00 bits per heavy atom. The number of amides is 1. The Hall–Kier alpha value is -2.03. The summed E-state index contributed by atoms with van der Waals surface area (Å²) >= 11 is 0. The fraction of sp³-hybridized carbons (Fsp3) is 0.450. The summed E-state index contributed by atoms with van der Waals surface area (Å²) in [6.45, 7) is 1.80. The number of piperidine rings is 1. The number of hydrogen-bond donors (Lipinski definition) is 1. The molecule has 3 heteroatoms. The van der Waals surface area contributed by atoms with Gasteiger partial charge in [-0.25, -0.2) is 0 Å². The second kappa shape index (κ2) is 6.23. The first-order valence-electron chi connectivity index (χ1n) is 8.82. The number of likely N-dealkylation sites (tertiary alicyclic amines) is 1. The standard InChI is InChI=1S/C20H24N2O/c23-20(13-15-5-1-2-6-15)22-11-9-16(10-12-22)18-14-21-19-8-4-3-7-17(18)19/h1,3-5,7-8,14-16,21H,2,6,9-13H2. The van der Waals surface area contributed by atoms with Gasteiger partial charge in [0, 0.05) is 36.6 Å². The average Bonchev–Trinajstić information content (AvgIpc) is 3.24. The number of carbonyl (C=O) groups excluding carboxylic acids is 1. The van der Waals surface area contributed by atoms with E-state index in [0.717, 1.165) is 38.8 Å². The van der Waals surface area contributed by atoms with Gasteiger partial charge in [0.15, 0.2) is 0 Å². The molecule has 120 valence electrons. The van der Waals surface area contributed by atoms with Crippen LogP contribution in [0.3, 0.4) is 0 Å². The molecule has 1 N–H and O–H groups in total. The molecule has 0 spiro atoms. The molecule has 0 radical (unpaired) electrons. The summed E-state index contributed by atoms with van der Waals surface area (Å²) in [6, 6.07) is 8.51. The van der Waals surface area contributed by atoms with Crippen LogP contribution in [0.15, 0.2) is 42.6 Å². The lowest BCUT2D eigenvalue weighted by atomic mass is 9.89. The Morgan fingerprint density at radius 1 is 1.17 bits per heavy atom. The summed E-state index contributed by atoms with van der Waals surface area (Å²) in [4.78, 5) is 17.9. The van der Waals surface area contributed by atoms with E-state index in [-0.39, 0.29) is 0 Å². The molecule has 23 heavy (non-hydrogen) atoms. The largest absolute Gasteiger partial charge is 0.361 e. The van der Waals surface area contributed by atoms with E-state index in [1.165, 1.54) is 16.5 Å². The molecule has 1 amide bonds. The van der Waals surface area contributed by atoms with Crippen LogP contribution in [-0.4, -0.2) is 28.9 Å². The lowest BCUT2D eigenvalue weighted by Gasteiger charge is -2.32. The fourth-order valence-corrected chi connectivity index (χ4v) is 4.09. The van der Waals surface area contributed by atoms with Gasteiger partial charge in [0.25, 0.3) is 0 Å². The van der Waals surface area contributed by atoms with E-state index >= 15 is 0 Å². The molecule has 1 unspecified atom stereocenters. The quantitative estimate of drug-likeness (QED) is 0.846. The van der Waals surface area contributed by atoms with Gasteiger partial charge in [0.2, 0.25) is 5.91 Å². The van der Waals surface area contributed by atoms with Crippen LogP contribution in [0.1, 0.15) is 43.6 Å². The molecular formula is C20H24N2O. The lowest BCUT2D eigenvalue weighted by Crippen LogP contribution is -2.38. The Balaban J connectivity index is 1.39. The predicted molar refractivity (Wildman–Crippen MR) is 93.3 cm³/mol. The minimum absolute atomic E-state index is 0.346. The van der Waals surface area contributed by atoms with Crippen molar-refractivity contribution in [1.29, 1.82) is 0 Å². The molecule has 1 aromatic carbocycles. The molecule has 1 fully saturated rings. The first kappa shape index (κ1) is 14.6. The number of benzene rings is 1. The molecule has 0 saturated carbocycles. The Labute approximate surface area is 137 Å². The highest BCUT2D eigenvalue weighted by Gasteiger charge is 2.26. The summed E-state index contributed by atoms with van der Waals surface area (Å²) in [6.07, 6.45) is 11.7. The highest BCUT2D eigenvalue weighted by atomic mass is 16.2. The number of hydrogen-bond acceptors (Lipinski definition) is 1. The van der Waals surface area contributed by atoms with E-state index < -0.39 is 0 Å². The van der Waals surface area contributed by atoms with Crippen molar-refractivity contribution < 1.29 is 4.79 Å². The van der Waals surface area contributed by atoms with Crippen LogP contribution in [-0.2, 0) is 4.79 Å². The Kier molecular flexibility index (Phi) is 3.94. The molecular weight excluding hydrogens is 284 g/mol. The normalized spacial score (nSPS) is 22.1. The van der Waals surface area contributed by atoms with E-state index in [1.54, 1.807) is 0 Å². The molecule has 1 aliphatic heterocycles. The summed E-state index contributed by atoms with van der Waals surface area (Å²) in [5.41, 5.74) is 2.64. The number of para-hydroxylation sites is 1. The van der Waals surface area contributed by atoms with Gasteiger partial charge in [-0.2, -0.15) is 0 Å². The van der Waals surface area contributed by atoms with E-state index in [0.29, 0.717) is 24.2 Å². The molecule has 2 aliphatic rings. The van der Waals surface area contributed by atoms with Crippen LogP contribution in [0, 0.1) is 5.92 Å². The second-order valence-corrected chi connectivity index (χ2v) is 6.91. The van der Waals surface area contributed by atoms with Crippen molar-refractivity contribution in [2.24, 2.45) is 5.92 Å². The summed E-state index contributed by atoms with van der Waals surface area (Å²) in [5.74, 6) is 1.40. The van der Waals surface area contributed by atoms with Crippen molar-refractivity contribution in [3.63, 3.8) is 0 Å². The molecule has 2 heterocycles. The van der Waals surface area contributed by atoms with Gasteiger partial charge in [-0.15, -0.1) is 0 Å². The third-order valence-electron chi connectivity index (χ3n) is 5.46. The van der Waals surface area contributed by atoms with Gasteiger partial charge in [-0.05, 0) is 49.1 Å². The summed E-state index contributed by atoms with van der Waals surface area (Å²) in [7, 11) is 0. The smallest absolute Gasteiger partial charge is 0.223 e.